The van der Waals surface area contributed by atoms with Gasteiger partial charge in [0, 0.05) is 25.9 Å². The van der Waals surface area contributed by atoms with Gasteiger partial charge < -0.3 is 9.64 Å². The van der Waals surface area contributed by atoms with E-state index in [0.29, 0.717) is 5.92 Å². The van der Waals surface area contributed by atoms with Crippen molar-refractivity contribution in [1.29, 1.82) is 0 Å². The van der Waals surface area contributed by atoms with Crippen molar-refractivity contribution in [2.45, 2.75) is 26.7 Å². The van der Waals surface area contributed by atoms with Crippen LogP contribution in [0.15, 0.2) is 24.3 Å². The van der Waals surface area contributed by atoms with Crippen LogP contribution in [0.3, 0.4) is 0 Å². The molecule has 0 aliphatic rings. The first-order chi connectivity index (χ1) is 7.69. The van der Waals surface area contributed by atoms with Gasteiger partial charge in [-0.25, -0.2) is 0 Å². The molecule has 0 aliphatic carbocycles. The van der Waals surface area contributed by atoms with E-state index in [-0.39, 0.29) is 0 Å². The van der Waals surface area contributed by atoms with Gasteiger partial charge in [-0.15, -0.1) is 0 Å². The van der Waals surface area contributed by atoms with Gasteiger partial charge in [0.05, 0.1) is 6.61 Å². The Morgan fingerprint density at radius 3 is 2.25 bits per heavy atom. The number of nitrogens with zero attached hydrogens (tertiary/aromatic N) is 1. The quantitative estimate of drug-likeness (QED) is 0.731. The lowest BCUT2D eigenvalue weighted by Gasteiger charge is -2.23. The largest absolute Gasteiger partial charge is 0.383 e. The Hall–Kier alpha value is -1.02. The van der Waals surface area contributed by atoms with Crippen molar-refractivity contribution in [3.8, 4) is 0 Å². The van der Waals surface area contributed by atoms with E-state index in [1.165, 1.54) is 11.3 Å². The lowest BCUT2D eigenvalue weighted by Crippen LogP contribution is -2.26. The third kappa shape index (κ3) is 3.53. The average molecular weight is 221 g/mol. The molecular formula is C14H23NO. The number of rotatable bonds is 6. The molecule has 0 bridgehead atoms. The van der Waals surface area contributed by atoms with E-state index in [4.69, 9.17) is 4.74 Å². The molecule has 16 heavy (non-hydrogen) atoms. The Labute approximate surface area is 99.2 Å². The fraction of sp³-hybridized carbons (Fsp3) is 0.571. The summed E-state index contributed by atoms with van der Waals surface area (Å²) < 4.78 is 5.12. The summed E-state index contributed by atoms with van der Waals surface area (Å²) >= 11 is 0. The Kier molecular flexibility index (Phi) is 5.33. The van der Waals surface area contributed by atoms with Gasteiger partial charge in [-0.1, -0.05) is 26.0 Å². The first-order valence-electron chi connectivity index (χ1n) is 6.02. The molecule has 2 nitrogen and oxygen atoms in total. The van der Waals surface area contributed by atoms with Gasteiger partial charge in [-0.3, -0.25) is 0 Å². The van der Waals surface area contributed by atoms with E-state index < -0.39 is 0 Å². The summed E-state index contributed by atoms with van der Waals surface area (Å²) in [6.45, 7) is 9.36. The van der Waals surface area contributed by atoms with Crippen LogP contribution in [0.4, 0.5) is 5.69 Å². The molecule has 0 fully saturated rings. The highest BCUT2D eigenvalue weighted by Gasteiger charge is 2.04. The molecule has 0 amide bonds. The molecule has 0 saturated heterocycles. The van der Waals surface area contributed by atoms with E-state index in [1.54, 1.807) is 7.11 Å². The van der Waals surface area contributed by atoms with Crippen molar-refractivity contribution in [2.24, 2.45) is 0 Å². The SMILES string of the molecule is CCN(CCOC)c1ccc(C(C)C)cc1. The van der Waals surface area contributed by atoms with Gasteiger partial charge in [0.1, 0.15) is 0 Å². The van der Waals surface area contributed by atoms with Gasteiger partial charge >= 0.3 is 0 Å². The molecule has 0 saturated carbocycles. The highest BCUT2D eigenvalue weighted by molar-refractivity contribution is 5.47. The van der Waals surface area contributed by atoms with Crippen molar-refractivity contribution < 1.29 is 4.74 Å². The summed E-state index contributed by atoms with van der Waals surface area (Å²) in [5, 5.41) is 0. The minimum Gasteiger partial charge on any atom is -0.383 e. The van der Waals surface area contributed by atoms with Crippen LogP contribution in [0.1, 0.15) is 32.3 Å². The minimum atomic E-state index is 0.600. The molecule has 1 aromatic rings. The molecule has 0 heterocycles. The minimum absolute atomic E-state index is 0.600. The van der Waals surface area contributed by atoms with E-state index in [1.807, 2.05) is 0 Å². The number of benzene rings is 1. The molecule has 0 atom stereocenters. The molecule has 1 rings (SSSR count). The lowest BCUT2D eigenvalue weighted by atomic mass is 10.0. The van der Waals surface area contributed by atoms with Crippen molar-refractivity contribution >= 4 is 5.69 Å². The fourth-order valence-corrected chi connectivity index (χ4v) is 1.74. The zero-order valence-electron chi connectivity index (χ0n) is 10.9. The Balaban J connectivity index is 2.70. The standard InChI is InChI=1S/C14H23NO/c1-5-15(10-11-16-4)14-8-6-13(7-9-14)12(2)3/h6-9,12H,5,10-11H2,1-4H3. The molecule has 1 aromatic carbocycles. The van der Waals surface area contributed by atoms with Gasteiger partial charge in [0.2, 0.25) is 0 Å². The van der Waals surface area contributed by atoms with Crippen molar-refractivity contribution in [1.82, 2.24) is 0 Å². The Bertz CT molecular complexity index is 292. The molecule has 0 N–H and O–H groups in total. The number of hydrogen-bond donors (Lipinski definition) is 0. The number of methoxy groups -OCH3 is 1. The number of ether oxygens (including phenoxy) is 1. The molecule has 2 heteroatoms. The number of hydrogen-bond acceptors (Lipinski definition) is 2. The Morgan fingerprint density at radius 2 is 1.81 bits per heavy atom. The Morgan fingerprint density at radius 1 is 1.19 bits per heavy atom. The topological polar surface area (TPSA) is 12.5 Å². The van der Waals surface area contributed by atoms with Crippen molar-refractivity contribution in [3.63, 3.8) is 0 Å². The van der Waals surface area contributed by atoms with Crippen LogP contribution >= 0.6 is 0 Å². The average Bonchev–Trinajstić information content (AvgIpc) is 2.30. The molecule has 0 spiro atoms. The summed E-state index contributed by atoms with van der Waals surface area (Å²) in [5.41, 5.74) is 2.68. The van der Waals surface area contributed by atoms with Crippen LogP contribution in [0.5, 0.6) is 0 Å². The number of likely N-dealkylation sites (N-methyl/N-ethyl adjacent to an activating group) is 1. The number of anilines is 1. The predicted octanol–water partition coefficient (Wildman–Crippen LogP) is 3.28. The summed E-state index contributed by atoms with van der Waals surface area (Å²) in [5.74, 6) is 0.600. The molecule has 0 unspecified atom stereocenters. The zero-order chi connectivity index (χ0) is 12.0. The normalized spacial score (nSPS) is 10.8. The molecule has 0 radical (unpaired) electrons. The third-order valence-electron chi connectivity index (χ3n) is 2.87. The predicted molar refractivity (Wildman–Crippen MR) is 70.3 cm³/mol. The fourth-order valence-electron chi connectivity index (χ4n) is 1.74. The van der Waals surface area contributed by atoms with Crippen LogP contribution in [0, 0.1) is 0 Å². The summed E-state index contributed by atoms with van der Waals surface area (Å²) in [4.78, 5) is 2.33. The van der Waals surface area contributed by atoms with E-state index in [9.17, 15) is 0 Å². The van der Waals surface area contributed by atoms with Gasteiger partial charge in [-0.2, -0.15) is 0 Å². The van der Waals surface area contributed by atoms with Crippen LogP contribution in [0.2, 0.25) is 0 Å². The third-order valence-corrected chi connectivity index (χ3v) is 2.87. The molecule has 0 aromatic heterocycles. The lowest BCUT2D eigenvalue weighted by molar-refractivity contribution is 0.205. The smallest absolute Gasteiger partial charge is 0.0637 e. The van der Waals surface area contributed by atoms with Crippen molar-refractivity contribution in [3.05, 3.63) is 29.8 Å². The molecule has 90 valence electrons. The second-order valence-electron chi connectivity index (χ2n) is 4.32. The van der Waals surface area contributed by atoms with Crippen LogP contribution < -0.4 is 4.90 Å². The maximum absolute atomic E-state index is 5.12. The first-order valence-corrected chi connectivity index (χ1v) is 6.02. The second-order valence-corrected chi connectivity index (χ2v) is 4.32. The van der Waals surface area contributed by atoms with Crippen molar-refractivity contribution in [2.75, 3.05) is 31.7 Å². The highest BCUT2D eigenvalue weighted by atomic mass is 16.5. The summed E-state index contributed by atoms with van der Waals surface area (Å²) in [7, 11) is 1.75. The van der Waals surface area contributed by atoms with E-state index in [0.717, 1.165) is 19.7 Å². The maximum Gasteiger partial charge on any atom is 0.0637 e. The zero-order valence-corrected chi connectivity index (χ0v) is 10.9. The van der Waals surface area contributed by atoms with Crippen LogP contribution in [-0.2, 0) is 4.74 Å². The van der Waals surface area contributed by atoms with Crippen LogP contribution in [-0.4, -0.2) is 26.8 Å². The van der Waals surface area contributed by atoms with Gasteiger partial charge in [0.25, 0.3) is 0 Å². The van der Waals surface area contributed by atoms with Gasteiger partial charge in [0.15, 0.2) is 0 Å². The molecular weight excluding hydrogens is 198 g/mol. The molecule has 0 aliphatic heterocycles. The van der Waals surface area contributed by atoms with E-state index >= 15 is 0 Å². The summed E-state index contributed by atoms with van der Waals surface area (Å²) in [6, 6.07) is 8.84. The monoisotopic (exact) mass is 221 g/mol. The second kappa shape index (κ2) is 6.54. The van der Waals surface area contributed by atoms with Gasteiger partial charge in [-0.05, 0) is 30.5 Å². The maximum atomic E-state index is 5.12. The van der Waals surface area contributed by atoms with Crippen LogP contribution in [0.25, 0.3) is 0 Å². The first kappa shape index (κ1) is 13.0. The van der Waals surface area contributed by atoms with E-state index in [2.05, 4.69) is 49.9 Å². The summed E-state index contributed by atoms with van der Waals surface area (Å²) in [6.07, 6.45) is 0. The highest BCUT2D eigenvalue weighted by Crippen LogP contribution is 2.19.